The van der Waals surface area contributed by atoms with E-state index in [4.69, 9.17) is 4.74 Å². The summed E-state index contributed by atoms with van der Waals surface area (Å²) >= 11 is 2.41. The van der Waals surface area contributed by atoms with Gasteiger partial charge in [-0.3, -0.25) is 0 Å². The van der Waals surface area contributed by atoms with Crippen LogP contribution in [0.2, 0.25) is 0 Å². The first-order valence-corrected chi connectivity index (χ1v) is 5.14. The standard InChI is InChI=1S/C7H11IO/c8-5-6-7(9-6)3-1-2-4-7/h6H,1-5H2. The molecule has 0 aromatic heterocycles. The van der Waals surface area contributed by atoms with Crippen LogP contribution in [0.1, 0.15) is 25.7 Å². The summed E-state index contributed by atoms with van der Waals surface area (Å²) in [6, 6.07) is 0. The summed E-state index contributed by atoms with van der Waals surface area (Å²) in [6.07, 6.45) is 6.09. The van der Waals surface area contributed by atoms with Gasteiger partial charge in [-0.1, -0.05) is 35.4 Å². The smallest absolute Gasteiger partial charge is 0.0962 e. The first-order chi connectivity index (χ1) is 4.37. The summed E-state index contributed by atoms with van der Waals surface area (Å²) in [5.74, 6) is 0. The average molecular weight is 238 g/mol. The van der Waals surface area contributed by atoms with Crippen molar-refractivity contribution in [2.45, 2.75) is 37.4 Å². The molecule has 1 saturated heterocycles. The van der Waals surface area contributed by atoms with E-state index in [1.807, 2.05) is 0 Å². The van der Waals surface area contributed by atoms with Crippen LogP contribution in [-0.2, 0) is 4.74 Å². The number of ether oxygens (including phenoxy) is 1. The van der Waals surface area contributed by atoms with E-state index in [9.17, 15) is 0 Å². The van der Waals surface area contributed by atoms with Gasteiger partial charge in [0.05, 0.1) is 11.7 Å². The molecule has 0 aromatic carbocycles. The van der Waals surface area contributed by atoms with Gasteiger partial charge in [0.25, 0.3) is 0 Å². The third-order valence-corrected chi connectivity index (χ3v) is 3.30. The molecule has 1 nitrogen and oxygen atoms in total. The Morgan fingerprint density at radius 3 is 2.56 bits per heavy atom. The average Bonchev–Trinajstić information content (AvgIpc) is 2.30. The lowest BCUT2D eigenvalue weighted by Crippen LogP contribution is -2.09. The molecule has 2 aliphatic rings. The predicted octanol–water partition coefficient (Wildman–Crippen LogP) is 2.13. The molecule has 0 bridgehead atoms. The van der Waals surface area contributed by atoms with Gasteiger partial charge in [-0.25, -0.2) is 0 Å². The fourth-order valence-electron chi connectivity index (χ4n) is 1.83. The Hall–Kier alpha value is 0.690. The fraction of sp³-hybridized carbons (Fsp3) is 1.00. The van der Waals surface area contributed by atoms with Gasteiger partial charge in [-0.15, -0.1) is 0 Å². The van der Waals surface area contributed by atoms with E-state index in [1.165, 1.54) is 30.1 Å². The van der Waals surface area contributed by atoms with Crippen molar-refractivity contribution in [3.8, 4) is 0 Å². The Labute approximate surface area is 69.3 Å². The van der Waals surface area contributed by atoms with Crippen molar-refractivity contribution in [2.75, 3.05) is 4.43 Å². The summed E-state index contributed by atoms with van der Waals surface area (Å²) < 4.78 is 6.80. The number of halogens is 1. The SMILES string of the molecule is ICC1OC12CCCC2. The minimum absolute atomic E-state index is 0.404. The summed E-state index contributed by atoms with van der Waals surface area (Å²) in [7, 11) is 0. The van der Waals surface area contributed by atoms with Gasteiger partial charge in [-0.2, -0.15) is 0 Å². The zero-order valence-electron chi connectivity index (χ0n) is 5.40. The lowest BCUT2D eigenvalue weighted by atomic mass is 10.1. The second kappa shape index (κ2) is 2.09. The molecule has 1 spiro atoms. The van der Waals surface area contributed by atoms with Crippen LogP contribution in [0, 0.1) is 0 Å². The molecule has 1 atom stereocenters. The molecule has 1 heterocycles. The number of hydrogen-bond acceptors (Lipinski definition) is 1. The third-order valence-electron chi connectivity index (χ3n) is 2.50. The minimum atomic E-state index is 0.404. The minimum Gasteiger partial charge on any atom is -0.365 e. The summed E-state index contributed by atoms with van der Waals surface area (Å²) in [5.41, 5.74) is 0.404. The van der Waals surface area contributed by atoms with Crippen LogP contribution >= 0.6 is 22.6 Å². The highest BCUT2D eigenvalue weighted by atomic mass is 127. The molecule has 0 N–H and O–H groups in total. The van der Waals surface area contributed by atoms with Crippen LogP contribution in [0.5, 0.6) is 0 Å². The number of hydrogen-bond donors (Lipinski definition) is 0. The topological polar surface area (TPSA) is 12.5 Å². The van der Waals surface area contributed by atoms with E-state index in [-0.39, 0.29) is 0 Å². The van der Waals surface area contributed by atoms with Crippen molar-refractivity contribution in [2.24, 2.45) is 0 Å². The molecule has 2 rings (SSSR count). The largest absolute Gasteiger partial charge is 0.365 e. The molecule has 2 heteroatoms. The van der Waals surface area contributed by atoms with Crippen LogP contribution in [0.25, 0.3) is 0 Å². The maximum Gasteiger partial charge on any atom is 0.0962 e. The monoisotopic (exact) mass is 238 g/mol. The molecule has 1 saturated carbocycles. The highest BCUT2D eigenvalue weighted by Crippen LogP contribution is 2.50. The molecule has 1 aliphatic heterocycles. The Morgan fingerprint density at radius 2 is 2.11 bits per heavy atom. The van der Waals surface area contributed by atoms with E-state index >= 15 is 0 Å². The first kappa shape index (κ1) is 6.40. The van der Waals surface area contributed by atoms with Crippen LogP contribution < -0.4 is 0 Å². The second-order valence-corrected chi connectivity index (χ2v) is 3.91. The second-order valence-electron chi connectivity index (χ2n) is 3.03. The molecule has 1 aliphatic carbocycles. The Balaban J connectivity index is 1.97. The van der Waals surface area contributed by atoms with Gasteiger partial charge >= 0.3 is 0 Å². The van der Waals surface area contributed by atoms with E-state index in [0.717, 1.165) is 0 Å². The maximum absolute atomic E-state index is 5.61. The molecule has 9 heavy (non-hydrogen) atoms. The van der Waals surface area contributed by atoms with Gasteiger partial charge < -0.3 is 4.74 Å². The third kappa shape index (κ3) is 0.909. The van der Waals surface area contributed by atoms with Crippen LogP contribution in [0.15, 0.2) is 0 Å². The van der Waals surface area contributed by atoms with Crippen LogP contribution in [0.3, 0.4) is 0 Å². The Kier molecular flexibility index (Phi) is 1.49. The van der Waals surface area contributed by atoms with Crippen molar-refractivity contribution in [3.63, 3.8) is 0 Å². The number of alkyl halides is 1. The van der Waals surface area contributed by atoms with Crippen LogP contribution in [-0.4, -0.2) is 16.1 Å². The van der Waals surface area contributed by atoms with Gasteiger partial charge in [0.2, 0.25) is 0 Å². The van der Waals surface area contributed by atoms with Crippen molar-refractivity contribution in [3.05, 3.63) is 0 Å². The first-order valence-electron chi connectivity index (χ1n) is 3.61. The summed E-state index contributed by atoms with van der Waals surface area (Å²) in [4.78, 5) is 0. The highest BCUT2D eigenvalue weighted by Gasteiger charge is 2.56. The summed E-state index contributed by atoms with van der Waals surface area (Å²) in [5, 5.41) is 0. The number of rotatable bonds is 1. The van der Waals surface area contributed by atoms with Crippen molar-refractivity contribution >= 4 is 22.6 Å². The molecule has 0 aromatic rings. The lowest BCUT2D eigenvalue weighted by Gasteiger charge is -1.96. The Morgan fingerprint density at radius 1 is 1.44 bits per heavy atom. The van der Waals surface area contributed by atoms with E-state index < -0.39 is 0 Å². The molecule has 2 fully saturated rings. The molecule has 52 valence electrons. The van der Waals surface area contributed by atoms with Crippen LogP contribution in [0.4, 0.5) is 0 Å². The lowest BCUT2D eigenvalue weighted by molar-refractivity contribution is 0.300. The van der Waals surface area contributed by atoms with E-state index in [0.29, 0.717) is 11.7 Å². The molecular weight excluding hydrogens is 227 g/mol. The zero-order chi connectivity index (χ0) is 6.32. The van der Waals surface area contributed by atoms with Crippen molar-refractivity contribution in [1.82, 2.24) is 0 Å². The highest BCUT2D eigenvalue weighted by molar-refractivity contribution is 14.1. The molecule has 0 radical (unpaired) electrons. The summed E-state index contributed by atoms with van der Waals surface area (Å²) in [6.45, 7) is 0. The van der Waals surface area contributed by atoms with E-state index in [1.54, 1.807) is 0 Å². The van der Waals surface area contributed by atoms with Crippen molar-refractivity contribution in [1.29, 1.82) is 0 Å². The normalized spacial score (nSPS) is 37.7. The van der Waals surface area contributed by atoms with E-state index in [2.05, 4.69) is 22.6 Å². The van der Waals surface area contributed by atoms with Gasteiger partial charge in [0.15, 0.2) is 0 Å². The molecular formula is C7H11IO. The molecule has 0 amide bonds. The van der Waals surface area contributed by atoms with Gasteiger partial charge in [0.1, 0.15) is 0 Å². The maximum atomic E-state index is 5.61. The van der Waals surface area contributed by atoms with Gasteiger partial charge in [0, 0.05) is 4.43 Å². The number of epoxide rings is 1. The quantitative estimate of drug-likeness (QED) is 0.387. The zero-order valence-corrected chi connectivity index (χ0v) is 7.56. The fourth-order valence-corrected chi connectivity index (χ4v) is 2.82. The van der Waals surface area contributed by atoms with Crippen molar-refractivity contribution < 1.29 is 4.74 Å². The van der Waals surface area contributed by atoms with Gasteiger partial charge in [-0.05, 0) is 12.8 Å². The molecule has 1 unspecified atom stereocenters. The Bertz CT molecular complexity index is 118. The predicted molar refractivity (Wildman–Crippen MR) is 45.0 cm³/mol.